The minimum atomic E-state index is -1.15. The number of allylic oxidation sites excluding steroid dienone is 2. The van der Waals surface area contributed by atoms with Gasteiger partial charge < -0.3 is 11.5 Å². The SMILES string of the molecule is CC(C)(C)c1ccc(C(=O)C2(N)C=CC=CC2N)cc1.Cl. The molecule has 4 heteroatoms. The Morgan fingerprint density at radius 2 is 1.71 bits per heavy atom. The summed E-state index contributed by atoms with van der Waals surface area (Å²) in [5, 5.41) is 0. The van der Waals surface area contributed by atoms with Crippen LogP contribution in [-0.2, 0) is 5.41 Å². The van der Waals surface area contributed by atoms with Crippen LogP contribution in [0.2, 0.25) is 0 Å². The van der Waals surface area contributed by atoms with Crippen LogP contribution < -0.4 is 11.5 Å². The zero-order valence-corrected chi connectivity index (χ0v) is 13.5. The normalized spacial score (nSPS) is 24.5. The van der Waals surface area contributed by atoms with Gasteiger partial charge in [-0.1, -0.05) is 69.3 Å². The van der Waals surface area contributed by atoms with Crippen molar-refractivity contribution >= 4 is 18.2 Å². The van der Waals surface area contributed by atoms with Crippen LogP contribution in [0.4, 0.5) is 0 Å². The Morgan fingerprint density at radius 3 is 2.19 bits per heavy atom. The summed E-state index contributed by atoms with van der Waals surface area (Å²) in [4.78, 5) is 12.6. The van der Waals surface area contributed by atoms with Gasteiger partial charge in [0.05, 0.1) is 6.04 Å². The molecule has 4 N–H and O–H groups in total. The quantitative estimate of drug-likeness (QED) is 0.825. The Balaban J connectivity index is 0.00000220. The lowest BCUT2D eigenvalue weighted by Gasteiger charge is -2.31. The van der Waals surface area contributed by atoms with E-state index in [1.807, 2.05) is 30.3 Å². The number of benzene rings is 1. The van der Waals surface area contributed by atoms with Crippen molar-refractivity contribution in [1.29, 1.82) is 0 Å². The Kier molecular flexibility index (Phi) is 5.16. The number of rotatable bonds is 2. The van der Waals surface area contributed by atoms with E-state index < -0.39 is 11.6 Å². The monoisotopic (exact) mass is 306 g/mol. The first-order chi connectivity index (χ1) is 9.25. The molecule has 1 aliphatic rings. The van der Waals surface area contributed by atoms with Gasteiger partial charge in [0, 0.05) is 5.56 Å². The second-order valence-corrected chi connectivity index (χ2v) is 6.36. The molecule has 2 unspecified atom stereocenters. The van der Waals surface area contributed by atoms with Gasteiger partial charge in [0.15, 0.2) is 5.78 Å². The maximum absolute atomic E-state index is 12.6. The van der Waals surface area contributed by atoms with Crippen LogP contribution in [0.15, 0.2) is 48.6 Å². The van der Waals surface area contributed by atoms with Gasteiger partial charge in [0.2, 0.25) is 0 Å². The maximum Gasteiger partial charge on any atom is 0.188 e. The molecule has 0 heterocycles. The summed E-state index contributed by atoms with van der Waals surface area (Å²) in [5.74, 6) is -0.147. The minimum absolute atomic E-state index is 0. The fourth-order valence-electron chi connectivity index (χ4n) is 2.27. The van der Waals surface area contributed by atoms with Gasteiger partial charge in [0.1, 0.15) is 5.54 Å². The van der Waals surface area contributed by atoms with E-state index in [0.717, 1.165) is 0 Å². The fourth-order valence-corrected chi connectivity index (χ4v) is 2.27. The summed E-state index contributed by atoms with van der Waals surface area (Å²) in [6.07, 6.45) is 7.01. The molecule has 0 amide bonds. The number of hydrogen-bond acceptors (Lipinski definition) is 3. The lowest BCUT2D eigenvalue weighted by Crippen LogP contribution is -2.59. The molecule has 0 aromatic heterocycles. The number of nitrogens with two attached hydrogens (primary N) is 2. The zero-order chi connectivity index (χ0) is 15.0. The van der Waals surface area contributed by atoms with Crippen LogP contribution in [-0.4, -0.2) is 17.4 Å². The molecule has 0 spiro atoms. The van der Waals surface area contributed by atoms with Gasteiger partial charge in [0.25, 0.3) is 0 Å². The lowest BCUT2D eigenvalue weighted by molar-refractivity contribution is 0.0911. The molecule has 114 valence electrons. The van der Waals surface area contributed by atoms with Crippen LogP contribution in [0.25, 0.3) is 0 Å². The molecule has 1 aromatic rings. The summed E-state index contributed by atoms with van der Waals surface area (Å²) in [6, 6.07) is 7.12. The molecule has 0 radical (unpaired) electrons. The standard InChI is InChI=1S/C17H22N2O.ClH/c1-16(2,3)13-9-7-12(8-10-13)15(20)17(19)11-5-4-6-14(17)18;/h4-11,14H,18-19H2,1-3H3;1H. The van der Waals surface area contributed by atoms with E-state index in [-0.39, 0.29) is 23.6 Å². The molecule has 21 heavy (non-hydrogen) atoms. The van der Waals surface area contributed by atoms with Crippen LogP contribution in [0.3, 0.4) is 0 Å². The predicted octanol–water partition coefficient (Wildman–Crippen LogP) is 2.74. The van der Waals surface area contributed by atoms with Crippen molar-refractivity contribution in [2.45, 2.75) is 37.8 Å². The first-order valence-corrected chi connectivity index (χ1v) is 6.81. The third-order valence-electron chi connectivity index (χ3n) is 3.76. The summed E-state index contributed by atoms with van der Waals surface area (Å²) >= 11 is 0. The Hall–Kier alpha value is -1.42. The molecule has 0 saturated carbocycles. The molecule has 0 aliphatic heterocycles. The highest BCUT2D eigenvalue weighted by atomic mass is 35.5. The van der Waals surface area contributed by atoms with E-state index >= 15 is 0 Å². The molecule has 0 saturated heterocycles. The number of ketones is 1. The first kappa shape index (κ1) is 17.6. The van der Waals surface area contributed by atoms with Crippen molar-refractivity contribution in [3.63, 3.8) is 0 Å². The van der Waals surface area contributed by atoms with E-state index in [4.69, 9.17) is 11.5 Å². The van der Waals surface area contributed by atoms with E-state index in [2.05, 4.69) is 20.8 Å². The Morgan fingerprint density at radius 1 is 1.14 bits per heavy atom. The van der Waals surface area contributed by atoms with Crippen molar-refractivity contribution in [1.82, 2.24) is 0 Å². The van der Waals surface area contributed by atoms with Crippen LogP contribution in [0.5, 0.6) is 0 Å². The molecule has 0 bridgehead atoms. The van der Waals surface area contributed by atoms with E-state index in [0.29, 0.717) is 5.56 Å². The molecule has 1 aliphatic carbocycles. The smallest absolute Gasteiger partial charge is 0.188 e. The molecule has 0 fully saturated rings. The second kappa shape index (κ2) is 6.14. The van der Waals surface area contributed by atoms with E-state index in [1.54, 1.807) is 18.2 Å². The van der Waals surface area contributed by atoms with Gasteiger partial charge in [-0.15, -0.1) is 12.4 Å². The highest BCUT2D eigenvalue weighted by Crippen LogP contribution is 2.24. The number of halogens is 1. The number of carbonyl (C=O) groups is 1. The fraction of sp³-hybridized carbons (Fsp3) is 0.353. The van der Waals surface area contributed by atoms with Gasteiger partial charge in [-0.25, -0.2) is 0 Å². The topological polar surface area (TPSA) is 69.1 Å². The van der Waals surface area contributed by atoms with Crippen molar-refractivity contribution in [3.8, 4) is 0 Å². The van der Waals surface area contributed by atoms with Crippen molar-refractivity contribution in [2.24, 2.45) is 11.5 Å². The van der Waals surface area contributed by atoms with Crippen molar-refractivity contribution in [3.05, 3.63) is 59.7 Å². The lowest BCUT2D eigenvalue weighted by atomic mass is 9.80. The maximum atomic E-state index is 12.6. The van der Waals surface area contributed by atoms with E-state index in [1.165, 1.54) is 5.56 Å². The summed E-state index contributed by atoms with van der Waals surface area (Å²) in [7, 11) is 0. The molecular weight excluding hydrogens is 284 g/mol. The third kappa shape index (κ3) is 3.43. The second-order valence-electron chi connectivity index (χ2n) is 6.36. The number of carbonyl (C=O) groups excluding carboxylic acids is 1. The summed E-state index contributed by atoms with van der Waals surface area (Å²) in [5.41, 5.74) is 12.8. The Bertz CT molecular complexity index is 569. The van der Waals surface area contributed by atoms with E-state index in [9.17, 15) is 4.79 Å². The van der Waals surface area contributed by atoms with Gasteiger partial charge in [-0.05, 0) is 11.0 Å². The third-order valence-corrected chi connectivity index (χ3v) is 3.76. The molecule has 1 aromatic carbocycles. The largest absolute Gasteiger partial charge is 0.322 e. The highest BCUT2D eigenvalue weighted by molar-refractivity contribution is 6.05. The number of hydrogen-bond donors (Lipinski definition) is 2. The highest BCUT2D eigenvalue weighted by Gasteiger charge is 2.38. The van der Waals surface area contributed by atoms with Gasteiger partial charge >= 0.3 is 0 Å². The molecule has 2 atom stereocenters. The summed E-state index contributed by atoms with van der Waals surface area (Å²) < 4.78 is 0. The summed E-state index contributed by atoms with van der Waals surface area (Å²) in [6.45, 7) is 6.41. The van der Waals surface area contributed by atoms with Crippen LogP contribution >= 0.6 is 12.4 Å². The minimum Gasteiger partial charge on any atom is -0.322 e. The molecular formula is C17H23ClN2O. The zero-order valence-electron chi connectivity index (χ0n) is 12.7. The predicted molar refractivity (Wildman–Crippen MR) is 89.9 cm³/mol. The molecule has 2 rings (SSSR count). The number of Topliss-reactive ketones (excluding diaryl/α,β-unsaturated/α-hetero) is 1. The van der Waals surface area contributed by atoms with Crippen molar-refractivity contribution in [2.75, 3.05) is 0 Å². The van der Waals surface area contributed by atoms with Gasteiger partial charge in [-0.3, -0.25) is 4.79 Å². The van der Waals surface area contributed by atoms with Crippen LogP contribution in [0.1, 0.15) is 36.7 Å². The Labute approximate surface area is 132 Å². The van der Waals surface area contributed by atoms with Crippen molar-refractivity contribution < 1.29 is 4.79 Å². The molecule has 3 nitrogen and oxygen atoms in total. The average Bonchev–Trinajstić information content (AvgIpc) is 2.40. The first-order valence-electron chi connectivity index (χ1n) is 6.81. The van der Waals surface area contributed by atoms with Crippen LogP contribution in [0, 0.1) is 0 Å². The van der Waals surface area contributed by atoms with Gasteiger partial charge in [-0.2, -0.15) is 0 Å². The average molecular weight is 307 g/mol.